The number of nitrogens with zero attached hydrogens (tertiary/aromatic N) is 3. The van der Waals surface area contributed by atoms with Gasteiger partial charge in [0, 0.05) is 45.3 Å². The summed E-state index contributed by atoms with van der Waals surface area (Å²) in [6, 6.07) is 3.58. The van der Waals surface area contributed by atoms with Crippen LogP contribution in [-0.4, -0.2) is 41.0 Å². The number of nitrogens with one attached hydrogen (secondary N) is 1. The Hall–Kier alpha value is -1.90. The molecule has 2 aromatic rings. The second kappa shape index (κ2) is 7.55. The normalized spacial score (nSPS) is 14.5. The van der Waals surface area contributed by atoms with E-state index in [4.69, 9.17) is 0 Å². The summed E-state index contributed by atoms with van der Waals surface area (Å²) in [6.45, 7) is 1.16. The number of rotatable bonds is 4. The van der Waals surface area contributed by atoms with Crippen molar-refractivity contribution in [1.82, 2.24) is 19.2 Å². The Bertz CT molecular complexity index is 879. The van der Waals surface area contributed by atoms with Gasteiger partial charge >= 0.3 is 0 Å². The smallest absolute Gasteiger partial charge is 0.268 e. The van der Waals surface area contributed by atoms with Crippen molar-refractivity contribution in [2.45, 2.75) is 19.5 Å². The number of aromatic nitrogens is 2. The van der Waals surface area contributed by atoms with Gasteiger partial charge in [0.1, 0.15) is 5.69 Å². The number of carbonyl (C=O) groups is 1. The first-order chi connectivity index (χ1) is 11.4. The zero-order chi connectivity index (χ0) is 17.3. The van der Waals surface area contributed by atoms with Crippen LogP contribution in [0.1, 0.15) is 27.2 Å². The molecule has 0 bridgehead atoms. The lowest BCUT2D eigenvalue weighted by molar-refractivity contribution is 0.0942. The molecule has 0 saturated carbocycles. The van der Waals surface area contributed by atoms with E-state index in [0.29, 0.717) is 31.7 Å². The second-order valence-electron chi connectivity index (χ2n) is 5.97. The highest BCUT2D eigenvalue weighted by atomic mass is 35.5. The van der Waals surface area contributed by atoms with Gasteiger partial charge in [0.2, 0.25) is 10.0 Å². The summed E-state index contributed by atoms with van der Waals surface area (Å²) in [5, 5.41) is 2.90. The summed E-state index contributed by atoms with van der Waals surface area (Å²) < 4.78 is 26.6. The number of pyridine rings is 1. The third kappa shape index (κ3) is 4.20. The Morgan fingerprint density at radius 2 is 2.12 bits per heavy atom. The van der Waals surface area contributed by atoms with E-state index in [1.165, 1.54) is 10.6 Å². The molecule has 7 nitrogen and oxygen atoms in total. The lowest BCUT2D eigenvalue weighted by Gasteiger charge is -2.27. The maximum Gasteiger partial charge on any atom is 0.268 e. The van der Waals surface area contributed by atoms with Crippen molar-refractivity contribution < 1.29 is 13.2 Å². The fourth-order valence-corrected chi connectivity index (χ4v) is 3.74. The zero-order valence-corrected chi connectivity index (χ0v) is 15.7. The molecule has 0 saturated heterocycles. The van der Waals surface area contributed by atoms with E-state index in [2.05, 4.69) is 10.3 Å². The third-order valence-electron chi connectivity index (χ3n) is 4.28. The van der Waals surface area contributed by atoms with E-state index in [-0.39, 0.29) is 18.3 Å². The van der Waals surface area contributed by atoms with Gasteiger partial charge in [0.25, 0.3) is 5.91 Å². The third-order valence-corrected chi connectivity index (χ3v) is 5.53. The highest BCUT2D eigenvalue weighted by molar-refractivity contribution is 7.88. The van der Waals surface area contributed by atoms with E-state index in [0.717, 1.165) is 16.7 Å². The molecule has 0 aromatic carbocycles. The quantitative estimate of drug-likeness (QED) is 0.855. The maximum atomic E-state index is 12.2. The zero-order valence-electron chi connectivity index (χ0n) is 14.1. The highest BCUT2D eigenvalue weighted by Gasteiger charge is 2.25. The highest BCUT2D eigenvalue weighted by Crippen LogP contribution is 2.23. The van der Waals surface area contributed by atoms with Crippen LogP contribution in [0.4, 0.5) is 0 Å². The SMILES string of the molecule is Cl.Cn1cccc1C(=O)NCc1cncc2c1CCN(S(C)(=O)=O)C2. The summed E-state index contributed by atoms with van der Waals surface area (Å²) >= 11 is 0. The number of halogens is 1. The number of aryl methyl sites for hydroxylation is 1. The fraction of sp³-hybridized carbons (Fsp3) is 0.375. The van der Waals surface area contributed by atoms with Gasteiger partial charge in [0.15, 0.2) is 0 Å². The minimum Gasteiger partial charge on any atom is -0.347 e. The molecule has 3 heterocycles. The Balaban J connectivity index is 0.00000225. The van der Waals surface area contributed by atoms with Gasteiger partial charge in [-0.2, -0.15) is 4.31 Å². The van der Waals surface area contributed by atoms with Crippen molar-refractivity contribution in [3.8, 4) is 0 Å². The molecule has 0 fully saturated rings. The predicted molar refractivity (Wildman–Crippen MR) is 97.0 cm³/mol. The molecule has 0 unspecified atom stereocenters. The lowest BCUT2D eigenvalue weighted by Crippen LogP contribution is -2.36. The first-order valence-corrected chi connectivity index (χ1v) is 9.50. The van der Waals surface area contributed by atoms with Crippen LogP contribution in [0.2, 0.25) is 0 Å². The maximum absolute atomic E-state index is 12.2. The van der Waals surface area contributed by atoms with Gasteiger partial charge in [-0.05, 0) is 35.2 Å². The number of carbonyl (C=O) groups excluding carboxylic acids is 1. The van der Waals surface area contributed by atoms with E-state index in [9.17, 15) is 13.2 Å². The standard InChI is InChI=1S/C16H20N4O3S.ClH/c1-19-6-3-4-15(19)16(21)18-10-12-8-17-9-13-11-20(24(2,22)23)7-5-14(12)13;/h3-4,6,8-9H,5,7,10-11H2,1-2H3,(H,18,21);1H. The Kier molecular flexibility index (Phi) is 5.87. The van der Waals surface area contributed by atoms with Crippen molar-refractivity contribution in [3.63, 3.8) is 0 Å². The molecule has 136 valence electrons. The van der Waals surface area contributed by atoms with Crippen LogP contribution in [0.25, 0.3) is 0 Å². The molecule has 0 aliphatic carbocycles. The van der Waals surface area contributed by atoms with Crippen LogP contribution in [0.15, 0.2) is 30.7 Å². The van der Waals surface area contributed by atoms with Crippen LogP contribution >= 0.6 is 12.4 Å². The fourth-order valence-electron chi connectivity index (χ4n) is 2.94. The Labute approximate surface area is 153 Å². The van der Waals surface area contributed by atoms with Crippen LogP contribution in [0, 0.1) is 0 Å². The molecule has 9 heteroatoms. The van der Waals surface area contributed by atoms with Crippen LogP contribution in [0.5, 0.6) is 0 Å². The Morgan fingerprint density at radius 3 is 2.76 bits per heavy atom. The average Bonchev–Trinajstić information content (AvgIpc) is 2.97. The van der Waals surface area contributed by atoms with Crippen molar-refractivity contribution in [2.24, 2.45) is 7.05 Å². The number of hydrogen-bond donors (Lipinski definition) is 1. The molecule has 0 atom stereocenters. The molecule has 1 amide bonds. The van der Waals surface area contributed by atoms with Crippen LogP contribution in [0.3, 0.4) is 0 Å². The molecular formula is C16H21ClN4O3S. The van der Waals surface area contributed by atoms with Gasteiger partial charge in [0.05, 0.1) is 6.26 Å². The minimum atomic E-state index is -3.21. The van der Waals surface area contributed by atoms with Crippen molar-refractivity contribution in [1.29, 1.82) is 0 Å². The summed E-state index contributed by atoms with van der Waals surface area (Å²) in [7, 11) is -1.39. The molecule has 0 spiro atoms. The summed E-state index contributed by atoms with van der Waals surface area (Å²) in [4.78, 5) is 16.4. The van der Waals surface area contributed by atoms with Gasteiger partial charge in [-0.25, -0.2) is 8.42 Å². The average molecular weight is 385 g/mol. The Morgan fingerprint density at radius 1 is 1.36 bits per heavy atom. The van der Waals surface area contributed by atoms with Crippen molar-refractivity contribution in [2.75, 3.05) is 12.8 Å². The first kappa shape index (κ1) is 19.4. The predicted octanol–water partition coefficient (Wildman–Crippen LogP) is 1.09. The molecule has 2 aromatic heterocycles. The van der Waals surface area contributed by atoms with Gasteiger partial charge in [-0.1, -0.05) is 0 Å². The van der Waals surface area contributed by atoms with Gasteiger partial charge < -0.3 is 9.88 Å². The van der Waals surface area contributed by atoms with E-state index >= 15 is 0 Å². The molecular weight excluding hydrogens is 364 g/mol. The molecule has 3 rings (SSSR count). The summed E-state index contributed by atoms with van der Waals surface area (Å²) in [5.74, 6) is -0.145. The monoisotopic (exact) mass is 384 g/mol. The van der Waals surface area contributed by atoms with Gasteiger partial charge in [-0.15, -0.1) is 12.4 Å². The van der Waals surface area contributed by atoms with E-state index < -0.39 is 10.0 Å². The van der Waals surface area contributed by atoms with Gasteiger partial charge in [-0.3, -0.25) is 9.78 Å². The minimum absolute atomic E-state index is 0. The van der Waals surface area contributed by atoms with Crippen molar-refractivity contribution >= 4 is 28.3 Å². The number of sulfonamides is 1. The number of fused-ring (bicyclic) bond motifs is 1. The number of hydrogen-bond acceptors (Lipinski definition) is 4. The first-order valence-electron chi connectivity index (χ1n) is 7.65. The lowest BCUT2D eigenvalue weighted by atomic mass is 9.98. The molecule has 1 aliphatic rings. The summed E-state index contributed by atoms with van der Waals surface area (Å²) in [5.41, 5.74) is 3.51. The topological polar surface area (TPSA) is 84.3 Å². The summed E-state index contributed by atoms with van der Waals surface area (Å²) in [6.07, 6.45) is 7.10. The van der Waals surface area contributed by atoms with Crippen LogP contribution < -0.4 is 5.32 Å². The molecule has 1 N–H and O–H groups in total. The molecule has 0 radical (unpaired) electrons. The molecule has 25 heavy (non-hydrogen) atoms. The molecule has 1 aliphatic heterocycles. The van der Waals surface area contributed by atoms with E-state index in [1.807, 2.05) is 19.3 Å². The number of amides is 1. The van der Waals surface area contributed by atoms with E-state index in [1.54, 1.807) is 23.0 Å². The van der Waals surface area contributed by atoms with Crippen molar-refractivity contribution in [3.05, 3.63) is 53.1 Å². The van der Waals surface area contributed by atoms with Crippen LogP contribution in [-0.2, 0) is 36.6 Å². The second-order valence-corrected chi connectivity index (χ2v) is 7.95. The largest absolute Gasteiger partial charge is 0.347 e.